The lowest BCUT2D eigenvalue weighted by Crippen LogP contribution is -2.15. The van der Waals surface area contributed by atoms with Gasteiger partial charge in [0, 0.05) is 0 Å². The van der Waals surface area contributed by atoms with Crippen molar-refractivity contribution in [2.75, 3.05) is 6.61 Å². The van der Waals surface area contributed by atoms with E-state index in [1.54, 1.807) is 0 Å². The highest BCUT2D eigenvalue weighted by molar-refractivity contribution is 5.72. The summed E-state index contributed by atoms with van der Waals surface area (Å²) in [6, 6.07) is 0. The number of carbonyl (C=O) groups is 1. The molecular formula is C21H40O2. The lowest BCUT2D eigenvalue weighted by atomic mass is 10.0. The van der Waals surface area contributed by atoms with Crippen LogP contribution in [0.4, 0.5) is 0 Å². The number of hydrogen-bond acceptors (Lipinski definition) is 2. The van der Waals surface area contributed by atoms with E-state index in [4.69, 9.17) is 4.74 Å². The molecule has 2 heteroatoms. The molecule has 1 fully saturated rings. The van der Waals surface area contributed by atoms with Crippen LogP contribution in [0.5, 0.6) is 0 Å². The molecular weight excluding hydrogens is 284 g/mol. The van der Waals surface area contributed by atoms with Crippen molar-refractivity contribution in [2.24, 2.45) is 5.92 Å². The van der Waals surface area contributed by atoms with Gasteiger partial charge in [0.1, 0.15) is 0 Å². The first-order valence-corrected chi connectivity index (χ1v) is 10.5. The molecule has 0 unspecified atom stereocenters. The Bertz CT molecular complexity index is 269. The van der Waals surface area contributed by atoms with Crippen LogP contribution >= 0.6 is 0 Å². The van der Waals surface area contributed by atoms with Gasteiger partial charge in [-0.05, 0) is 19.3 Å². The predicted octanol–water partition coefficient (Wildman–Crippen LogP) is 6.81. The second-order valence-corrected chi connectivity index (χ2v) is 7.39. The van der Waals surface area contributed by atoms with Gasteiger partial charge in [0.15, 0.2) is 0 Å². The van der Waals surface area contributed by atoms with Gasteiger partial charge in [-0.1, -0.05) is 96.8 Å². The van der Waals surface area contributed by atoms with Crippen LogP contribution in [0, 0.1) is 5.92 Å². The smallest absolute Gasteiger partial charge is 0.308 e. The van der Waals surface area contributed by atoms with Crippen molar-refractivity contribution in [2.45, 2.75) is 116 Å². The highest BCUT2D eigenvalue weighted by atomic mass is 16.5. The molecule has 0 heterocycles. The normalized spacial score (nSPS) is 15.2. The minimum atomic E-state index is 0.0708. The monoisotopic (exact) mass is 324 g/mol. The zero-order valence-corrected chi connectivity index (χ0v) is 15.6. The van der Waals surface area contributed by atoms with Gasteiger partial charge >= 0.3 is 5.97 Å². The van der Waals surface area contributed by atoms with E-state index < -0.39 is 0 Å². The lowest BCUT2D eigenvalue weighted by Gasteiger charge is -2.09. The molecule has 1 aliphatic carbocycles. The van der Waals surface area contributed by atoms with E-state index in [-0.39, 0.29) is 11.9 Å². The molecule has 0 N–H and O–H groups in total. The SMILES string of the molecule is CCCCCCCCCCCCCCCOC(=O)C1CCCC1. The molecule has 23 heavy (non-hydrogen) atoms. The van der Waals surface area contributed by atoms with Crippen molar-refractivity contribution >= 4 is 5.97 Å². The molecule has 2 nitrogen and oxygen atoms in total. The minimum absolute atomic E-state index is 0.0708. The van der Waals surface area contributed by atoms with Crippen molar-refractivity contribution in [3.8, 4) is 0 Å². The summed E-state index contributed by atoms with van der Waals surface area (Å²) in [7, 11) is 0. The Kier molecular flexibility index (Phi) is 13.4. The fourth-order valence-electron chi connectivity index (χ4n) is 3.57. The summed E-state index contributed by atoms with van der Waals surface area (Å²) < 4.78 is 5.39. The average Bonchev–Trinajstić information content (AvgIpc) is 3.09. The van der Waals surface area contributed by atoms with Crippen LogP contribution in [0.1, 0.15) is 116 Å². The Morgan fingerprint density at radius 2 is 1.17 bits per heavy atom. The Labute approximate surface area is 144 Å². The van der Waals surface area contributed by atoms with E-state index in [9.17, 15) is 4.79 Å². The maximum atomic E-state index is 11.7. The molecule has 0 atom stereocenters. The van der Waals surface area contributed by atoms with E-state index in [1.807, 2.05) is 0 Å². The fourth-order valence-corrected chi connectivity index (χ4v) is 3.57. The quantitative estimate of drug-likeness (QED) is 0.244. The van der Waals surface area contributed by atoms with Crippen molar-refractivity contribution in [1.82, 2.24) is 0 Å². The number of rotatable bonds is 15. The molecule has 0 aromatic carbocycles. The second kappa shape index (κ2) is 15.0. The molecule has 0 spiro atoms. The summed E-state index contributed by atoms with van der Waals surface area (Å²) in [6.45, 7) is 2.92. The first kappa shape index (κ1) is 20.5. The summed E-state index contributed by atoms with van der Waals surface area (Å²) >= 11 is 0. The number of hydrogen-bond donors (Lipinski definition) is 0. The molecule has 0 aliphatic heterocycles. The molecule has 0 saturated heterocycles. The van der Waals surface area contributed by atoms with Crippen molar-refractivity contribution in [1.29, 1.82) is 0 Å². The molecule has 0 aromatic heterocycles. The number of unbranched alkanes of at least 4 members (excludes halogenated alkanes) is 12. The fraction of sp³-hybridized carbons (Fsp3) is 0.952. The zero-order chi connectivity index (χ0) is 16.6. The third-order valence-corrected chi connectivity index (χ3v) is 5.18. The molecule has 0 bridgehead atoms. The molecule has 0 aromatic rings. The van der Waals surface area contributed by atoms with Crippen LogP contribution < -0.4 is 0 Å². The molecule has 136 valence electrons. The van der Waals surface area contributed by atoms with Crippen LogP contribution in [0.2, 0.25) is 0 Å². The molecule has 0 radical (unpaired) electrons. The van der Waals surface area contributed by atoms with Gasteiger partial charge < -0.3 is 4.74 Å². The third kappa shape index (κ3) is 11.6. The van der Waals surface area contributed by atoms with Gasteiger partial charge in [-0.2, -0.15) is 0 Å². The first-order valence-electron chi connectivity index (χ1n) is 10.5. The summed E-state index contributed by atoms with van der Waals surface area (Å²) in [5.74, 6) is 0.290. The van der Waals surface area contributed by atoms with Gasteiger partial charge in [-0.3, -0.25) is 4.79 Å². The Morgan fingerprint density at radius 1 is 0.739 bits per heavy atom. The summed E-state index contributed by atoms with van der Waals surface area (Å²) in [4.78, 5) is 11.7. The van der Waals surface area contributed by atoms with Gasteiger partial charge in [0.2, 0.25) is 0 Å². The standard InChI is InChI=1S/C21H40O2/c1-2-3-4-5-6-7-8-9-10-11-12-13-16-19-23-21(22)20-17-14-15-18-20/h20H,2-19H2,1H3. The van der Waals surface area contributed by atoms with E-state index >= 15 is 0 Å². The molecule has 1 saturated carbocycles. The molecule has 1 aliphatic rings. The Hall–Kier alpha value is -0.530. The molecule has 1 rings (SSSR count). The van der Waals surface area contributed by atoms with Gasteiger partial charge in [-0.15, -0.1) is 0 Å². The Morgan fingerprint density at radius 3 is 1.65 bits per heavy atom. The van der Waals surface area contributed by atoms with Crippen LogP contribution in [0.3, 0.4) is 0 Å². The minimum Gasteiger partial charge on any atom is -0.465 e. The predicted molar refractivity (Wildman–Crippen MR) is 98.6 cm³/mol. The van der Waals surface area contributed by atoms with E-state index in [0.717, 1.165) is 19.3 Å². The van der Waals surface area contributed by atoms with Crippen LogP contribution in [0.15, 0.2) is 0 Å². The zero-order valence-electron chi connectivity index (χ0n) is 15.6. The maximum absolute atomic E-state index is 11.7. The third-order valence-electron chi connectivity index (χ3n) is 5.18. The molecule has 0 amide bonds. The topological polar surface area (TPSA) is 26.3 Å². The van der Waals surface area contributed by atoms with Crippen LogP contribution in [0.25, 0.3) is 0 Å². The second-order valence-electron chi connectivity index (χ2n) is 7.39. The highest BCUT2D eigenvalue weighted by Crippen LogP contribution is 2.25. The summed E-state index contributed by atoms with van der Waals surface area (Å²) in [5, 5.41) is 0. The van der Waals surface area contributed by atoms with Crippen LogP contribution in [-0.4, -0.2) is 12.6 Å². The van der Waals surface area contributed by atoms with E-state index in [0.29, 0.717) is 6.61 Å². The largest absolute Gasteiger partial charge is 0.465 e. The average molecular weight is 325 g/mol. The van der Waals surface area contributed by atoms with Crippen LogP contribution in [-0.2, 0) is 9.53 Å². The van der Waals surface area contributed by atoms with Gasteiger partial charge in [0.25, 0.3) is 0 Å². The van der Waals surface area contributed by atoms with Gasteiger partial charge in [0.05, 0.1) is 12.5 Å². The number of esters is 1. The number of carbonyl (C=O) groups excluding carboxylic acids is 1. The first-order chi connectivity index (χ1) is 11.3. The van der Waals surface area contributed by atoms with E-state index in [1.165, 1.54) is 89.9 Å². The van der Waals surface area contributed by atoms with E-state index in [2.05, 4.69) is 6.92 Å². The van der Waals surface area contributed by atoms with Crippen molar-refractivity contribution in [3.63, 3.8) is 0 Å². The van der Waals surface area contributed by atoms with Crippen molar-refractivity contribution < 1.29 is 9.53 Å². The van der Waals surface area contributed by atoms with Crippen molar-refractivity contribution in [3.05, 3.63) is 0 Å². The maximum Gasteiger partial charge on any atom is 0.308 e. The van der Waals surface area contributed by atoms with Gasteiger partial charge in [-0.25, -0.2) is 0 Å². The summed E-state index contributed by atoms with van der Waals surface area (Å²) in [5.41, 5.74) is 0. The Balaban J connectivity index is 1.72. The summed E-state index contributed by atoms with van der Waals surface area (Å²) in [6.07, 6.45) is 22.2. The lowest BCUT2D eigenvalue weighted by molar-refractivity contribution is -0.148. The highest BCUT2D eigenvalue weighted by Gasteiger charge is 2.23. The number of ether oxygens (including phenoxy) is 1.